The van der Waals surface area contributed by atoms with Gasteiger partial charge >= 0.3 is 0 Å². The molecule has 6 nitrogen and oxygen atoms in total. The van der Waals surface area contributed by atoms with E-state index >= 15 is 0 Å². The fourth-order valence-corrected chi connectivity index (χ4v) is 2.54. The van der Waals surface area contributed by atoms with Gasteiger partial charge in [0.1, 0.15) is 5.69 Å². The zero-order chi connectivity index (χ0) is 12.5. The molecule has 3 rings (SSSR count). The molecule has 1 atom stereocenters. The number of nitrogens with zero attached hydrogens (tertiary/aromatic N) is 2. The largest absolute Gasteiger partial charge is 0.366 e. The Bertz CT molecular complexity index is 476. The van der Waals surface area contributed by atoms with Gasteiger partial charge in [-0.3, -0.25) is 4.79 Å². The molecule has 0 aromatic carbocycles. The lowest BCUT2D eigenvalue weighted by Crippen LogP contribution is -2.56. The molecule has 6 heteroatoms. The first kappa shape index (κ1) is 11.3. The van der Waals surface area contributed by atoms with E-state index in [4.69, 9.17) is 0 Å². The normalized spacial score (nSPS) is 21.6. The van der Waals surface area contributed by atoms with E-state index in [9.17, 15) is 4.79 Å². The maximum absolute atomic E-state index is 11.6. The second-order valence-corrected chi connectivity index (χ2v) is 4.58. The van der Waals surface area contributed by atoms with Crippen molar-refractivity contribution in [1.29, 1.82) is 0 Å². The molecule has 2 aliphatic heterocycles. The van der Waals surface area contributed by atoms with E-state index in [-0.39, 0.29) is 5.91 Å². The van der Waals surface area contributed by atoms with Crippen molar-refractivity contribution >= 4 is 17.4 Å². The lowest BCUT2D eigenvalue weighted by molar-refractivity contribution is 0.0958. The molecule has 18 heavy (non-hydrogen) atoms. The van der Waals surface area contributed by atoms with Crippen LogP contribution in [0.15, 0.2) is 12.1 Å². The molecule has 1 fully saturated rings. The van der Waals surface area contributed by atoms with Crippen LogP contribution >= 0.6 is 0 Å². The molecular weight excluding hydrogens is 230 g/mol. The Kier molecular flexibility index (Phi) is 2.79. The highest BCUT2D eigenvalue weighted by molar-refractivity contribution is 5.93. The maximum Gasteiger partial charge on any atom is 0.269 e. The fraction of sp³-hybridized carbons (Fsp3) is 0.500. The van der Waals surface area contributed by atoms with Gasteiger partial charge in [-0.2, -0.15) is 0 Å². The van der Waals surface area contributed by atoms with Crippen LogP contribution in [0.3, 0.4) is 0 Å². The summed E-state index contributed by atoms with van der Waals surface area (Å²) in [7, 11) is 1.61. The van der Waals surface area contributed by atoms with Gasteiger partial charge in [-0.1, -0.05) is 0 Å². The number of aromatic nitrogens is 1. The van der Waals surface area contributed by atoms with Gasteiger partial charge in [0.05, 0.1) is 11.7 Å². The summed E-state index contributed by atoms with van der Waals surface area (Å²) in [6, 6.07) is 4.24. The number of carbonyl (C=O) groups is 1. The van der Waals surface area contributed by atoms with Crippen LogP contribution in [0, 0.1) is 0 Å². The van der Waals surface area contributed by atoms with Gasteiger partial charge in [-0.15, -0.1) is 0 Å². The number of rotatable bonds is 1. The molecule has 1 saturated heterocycles. The van der Waals surface area contributed by atoms with E-state index in [0.29, 0.717) is 11.7 Å². The molecule has 3 heterocycles. The van der Waals surface area contributed by atoms with Crippen molar-refractivity contribution in [2.75, 3.05) is 43.4 Å². The number of hydrogen-bond donors (Lipinski definition) is 3. The number of pyridine rings is 1. The van der Waals surface area contributed by atoms with E-state index < -0.39 is 0 Å². The van der Waals surface area contributed by atoms with Crippen LogP contribution in [-0.4, -0.2) is 50.2 Å². The minimum atomic E-state index is -0.151. The van der Waals surface area contributed by atoms with Gasteiger partial charge in [0.15, 0.2) is 5.82 Å². The molecule has 0 radical (unpaired) electrons. The van der Waals surface area contributed by atoms with Gasteiger partial charge in [0, 0.05) is 33.2 Å². The van der Waals surface area contributed by atoms with Crippen molar-refractivity contribution in [2.24, 2.45) is 0 Å². The predicted molar refractivity (Wildman–Crippen MR) is 70.1 cm³/mol. The first-order valence-corrected chi connectivity index (χ1v) is 6.24. The number of anilines is 2. The van der Waals surface area contributed by atoms with Gasteiger partial charge in [-0.05, 0) is 12.1 Å². The number of piperazine rings is 1. The smallest absolute Gasteiger partial charge is 0.269 e. The Morgan fingerprint density at radius 1 is 1.50 bits per heavy atom. The molecule has 0 aliphatic carbocycles. The second kappa shape index (κ2) is 4.45. The Hall–Kier alpha value is -1.82. The van der Waals surface area contributed by atoms with Crippen molar-refractivity contribution in [3.8, 4) is 0 Å². The van der Waals surface area contributed by atoms with Crippen molar-refractivity contribution in [3.63, 3.8) is 0 Å². The highest BCUT2D eigenvalue weighted by Crippen LogP contribution is 2.30. The summed E-state index contributed by atoms with van der Waals surface area (Å²) in [6.45, 7) is 3.83. The van der Waals surface area contributed by atoms with E-state index in [2.05, 4.69) is 25.8 Å². The van der Waals surface area contributed by atoms with Crippen LogP contribution in [0.25, 0.3) is 0 Å². The minimum Gasteiger partial charge on any atom is -0.366 e. The quantitative estimate of drug-likeness (QED) is 0.632. The second-order valence-electron chi connectivity index (χ2n) is 4.58. The summed E-state index contributed by atoms with van der Waals surface area (Å²) in [5.41, 5.74) is 1.55. The molecule has 1 aromatic rings. The summed E-state index contributed by atoms with van der Waals surface area (Å²) in [4.78, 5) is 18.3. The van der Waals surface area contributed by atoms with Gasteiger partial charge in [0.2, 0.25) is 0 Å². The van der Waals surface area contributed by atoms with E-state index in [1.54, 1.807) is 13.1 Å². The Morgan fingerprint density at radius 2 is 2.39 bits per heavy atom. The molecule has 0 spiro atoms. The van der Waals surface area contributed by atoms with Gasteiger partial charge in [0.25, 0.3) is 5.91 Å². The van der Waals surface area contributed by atoms with Crippen molar-refractivity contribution in [1.82, 2.24) is 15.6 Å². The molecule has 0 unspecified atom stereocenters. The number of hydrogen-bond acceptors (Lipinski definition) is 5. The monoisotopic (exact) mass is 247 g/mol. The van der Waals surface area contributed by atoms with Crippen LogP contribution in [0.2, 0.25) is 0 Å². The Balaban J connectivity index is 1.93. The van der Waals surface area contributed by atoms with Crippen molar-refractivity contribution < 1.29 is 4.79 Å². The van der Waals surface area contributed by atoms with Crippen molar-refractivity contribution in [3.05, 3.63) is 17.8 Å². The Labute approximate surface area is 106 Å². The van der Waals surface area contributed by atoms with Gasteiger partial charge < -0.3 is 20.9 Å². The summed E-state index contributed by atoms with van der Waals surface area (Å²) < 4.78 is 0. The summed E-state index contributed by atoms with van der Waals surface area (Å²) >= 11 is 0. The first-order chi connectivity index (χ1) is 8.79. The topological polar surface area (TPSA) is 69.3 Å². The van der Waals surface area contributed by atoms with Crippen molar-refractivity contribution in [2.45, 2.75) is 6.04 Å². The number of amides is 1. The van der Waals surface area contributed by atoms with E-state index in [1.807, 2.05) is 6.07 Å². The fourth-order valence-electron chi connectivity index (χ4n) is 2.54. The molecule has 1 amide bonds. The zero-order valence-corrected chi connectivity index (χ0v) is 10.4. The van der Waals surface area contributed by atoms with Gasteiger partial charge in [-0.25, -0.2) is 4.98 Å². The highest BCUT2D eigenvalue weighted by Gasteiger charge is 2.29. The van der Waals surface area contributed by atoms with Crippen LogP contribution < -0.4 is 20.9 Å². The van der Waals surface area contributed by atoms with E-state index in [1.165, 1.54) is 0 Å². The number of carbonyl (C=O) groups excluding carboxylic acids is 1. The maximum atomic E-state index is 11.6. The third kappa shape index (κ3) is 1.78. The minimum absolute atomic E-state index is 0.151. The third-order valence-electron chi connectivity index (χ3n) is 3.50. The average molecular weight is 247 g/mol. The SMILES string of the molecule is CNC(=O)c1ccc2c(n1)NC[C@@H]1CNCCN21. The number of fused-ring (bicyclic) bond motifs is 3. The zero-order valence-electron chi connectivity index (χ0n) is 10.4. The number of nitrogens with one attached hydrogen (secondary N) is 3. The molecule has 2 aliphatic rings. The highest BCUT2D eigenvalue weighted by atomic mass is 16.1. The summed E-state index contributed by atoms with van der Waals surface area (Å²) in [5, 5.41) is 9.29. The molecule has 1 aromatic heterocycles. The van der Waals surface area contributed by atoms with Crippen LogP contribution in [0.5, 0.6) is 0 Å². The molecular formula is C12H17N5O. The molecule has 3 N–H and O–H groups in total. The lowest BCUT2D eigenvalue weighted by atomic mass is 10.1. The standard InChI is InChI=1S/C12H17N5O/c1-13-12(18)9-2-3-10-11(16-9)15-7-8-6-14-4-5-17(8)10/h2-3,8,14H,4-7H2,1H3,(H,13,18)(H,15,16)/t8-/m0/s1. The lowest BCUT2D eigenvalue weighted by Gasteiger charge is -2.42. The average Bonchev–Trinajstić information content (AvgIpc) is 2.45. The molecule has 0 bridgehead atoms. The Morgan fingerprint density at radius 3 is 3.22 bits per heavy atom. The van der Waals surface area contributed by atoms with Crippen LogP contribution in [-0.2, 0) is 0 Å². The van der Waals surface area contributed by atoms with Crippen LogP contribution in [0.1, 0.15) is 10.5 Å². The summed E-state index contributed by atoms with van der Waals surface area (Å²) in [6.07, 6.45) is 0. The molecule has 96 valence electrons. The third-order valence-corrected chi connectivity index (χ3v) is 3.50. The van der Waals surface area contributed by atoms with E-state index in [0.717, 1.165) is 37.7 Å². The molecule has 0 saturated carbocycles. The predicted octanol–water partition coefficient (Wildman–Crippen LogP) is -0.355. The summed E-state index contributed by atoms with van der Waals surface area (Å²) in [5.74, 6) is 0.663. The van der Waals surface area contributed by atoms with Crippen LogP contribution in [0.4, 0.5) is 11.5 Å². The first-order valence-electron chi connectivity index (χ1n) is 6.24.